The van der Waals surface area contributed by atoms with Crippen molar-refractivity contribution in [3.8, 4) is 22.8 Å². The summed E-state index contributed by atoms with van der Waals surface area (Å²) in [6, 6.07) is 13.2. The van der Waals surface area contributed by atoms with E-state index in [0.29, 0.717) is 28.2 Å². The third kappa shape index (κ3) is 2.23. The molecule has 0 spiro atoms. The van der Waals surface area contributed by atoms with Crippen molar-refractivity contribution in [2.24, 2.45) is 0 Å². The van der Waals surface area contributed by atoms with Gasteiger partial charge in [0.05, 0.1) is 24.5 Å². The third-order valence-electron chi connectivity index (χ3n) is 3.75. The zero-order valence-electron chi connectivity index (χ0n) is 12.8. The van der Waals surface area contributed by atoms with E-state index in [9.17, 15) is 4.79 Å². The summed E-state index contributed by atoms with van der Waals surface area (Å²) in [5.41, 5.74) is 2.50. The maximum atomic E-state index is 12.4. The van der Waals surface area contributed by atoms with Gasteiger partial charge >= 0.3 is 0 Å². The molecule has 0 bridgehead atoms. The Kier molecular flexibility index (Phi) is 3.31. The van der Waals surface area contributed by atoms with Gasteiger partial charge in [0.15, 0.2) is 5.65 Å². The molecule has 0 saturated carbocycles. The quantitative estimate of drug-likeness (QED) is 0.625. The first-order valence-corrected chi connectivity index (χ1v) is 7.30. The number of methoxy groups -OCH3 is 1. The van der Waals surface area contributed by atoms with E-state index in [1.54, 1.807) is 12.1 Å². The Balaban J connectivity index is 2.00. The summed E-state index contributed by atoms with van der Waals surface area (Å²) in [6.45, 7) is 0. The fraction of sp³-hybridized carbons (Fsp3) is 0.0588. The number of hydrogen-bond donors (Lipinski definition) is 1. The predicted octanol–water partition coefficient (Wildman–Crippen LogP) is 2.18. The summed E-state index contributed by atoms with van der Waals surface area (Å²) in [6.07, 6.45) is 3.24. The van der Waals surface area contributed by atoms with E-state index in [1.165, 1.54) is 13.4 Å². The molecule has 0 aliphatic carbocycles. The van der Waals surface area contributed by atoms with Crippen LogP contribution in [0.1, 0.15) is 0 Å². The lowest BCUT2D eigenvalue weighted by Gasteiger charge is -2.03. The van der Waals surface area contributed by atoms with Gasteiger partial charge in [-0.15, -0.1) is 10.2 Å². The Morgan fingerprint density at radius 2 is 1.92 bits per heavy atom. The number of H-pyrrole nitrogens is 1. The summed E-state index contributed by atoms with van der Waals surface area (Å²) in [4.78, 5) is 19.3. The molecular formula is C17H13N5O2. The number of hydrogen-bond acceptors (Lipinski definition) is 5. The summed E-state index contributed by atoms with van der Waals surface area (Å²) in [5, 5.41) is 8.60. The molecule has 4 rings (SSSR count). The minimum atomic E-state index is -0.220. The number of nitrogens with one attached hydrogen (secondary N) is 1. The van der Waals surface area contributed by atoms with Gasteiger partial charge in [0.25, 0.3) is 5.56 Å². The van der Waals surface area contributed by atoms with Crippen molar-refractivity contribution in [3.05, 3.63) is 65.3 Å². The van der Waals surface area contributed by atoms with Crippen LogP contribution in [0.15, 0.2) is 59.8 Å². The molecule has 0 fully saturated rings. The molecule has 0 aliphatic rings. The SMILES string of the molecule is COc1ccc(-c2cn(-c3ccccc3)c3nc[nH]c(=O)c23)nn1. The molecule has 0 amide bonds. The average molecular weight is 319 g/mol. The second-order valence-electron chi connectivity index (χ2n) is 5.14. The molecule has 118 valence electrons. The summed E-state index contributed by atoms with van der Waals surface area (Å²) < 4.78 is 6.90. The van der Waals surface area contributed by atoms with E-state index in [-0.39, 0.29) is 5.56 Å². The summed E-state index contributed by atoms with van der Waals surface area (Å²) in [7, 11) is 1.53. The maximum absolute atomic E-state index is 12.4. The molecule has 0 aliphatic heterocycles. The van der Waals surface area contributed by atoms with Crippen LogP contribution in [0, 0.1) is 0 Å². The lowest BCUT2D eigenvalue weighted by atomic mass is 10.2. The Morgan fingerprint density at radius 1 is 1.08 bits per heavy atom. The van der Waals surface area contributed by atoms with Crippen LogP contribution in [-0.4, -0.2) is 31.8 Å². The monoisotopic (exact) mass is 319 g/mol. The Hall–Kier alpha value is -3.48. The smallest absolute Gasteiger partial charge is 0.260 e. The highest BCUT2D eigenvalue weighted by molar-refractivity contribution is 5.93. The fourth-order valence-corrected chi connectivity index (χ4v) is 2.62. The number of para-hydroxylation sites is 1. The fourth-order valence-electron chi connectivity index (χ4n) is 2.62. The molecule has 0 radical (unpaired) electrons. The van der Waals surface area contributed by atoms with Crippen LogP contribution in [0.4, 0.5) is 0 Å². The molecule has 0 unspecified atom stereocenters. The van der Waals surface area contributed by atoms with Crippen molar-refractivity contribution in [2.75, 3.05) is 7.11 Å². The van der Waals surface area contributed by atoms with Gasteiger partial charge in [-0.3, -0.25) is 4.79 Å². The van der Waals surface area contributed by atoms with Crippen molar-refractivity contribution < 1.29 is 4.74 Å². The normalized spacial score (nSPS) is 10.9. The van der Waals surface area contributed by atoms with Gasteiger partial charge in [-0.25, -0.2) is 4.98 Å². The van der Waals surface area contributed by atoms with Gasteiger partial charge in [-0.1, -0.05) is 18.2 Å². The van der Waals surface area contributed by atoms with Gasteiger partial charge in [0.2, 0.25) is 5.88 Å². The molecule has 1 aromatic carbocycles. The summed E-state index contributed by atoms with van der Waals surface area (Å²) >= 11 is 0. The van der Waals surface area contributed by atoms with Crippen LogP contribution >= 0.6 is 0 Å². The number of fused-ring (bicyclic) bond motifs is 1. The number of aromatic nitrogens is 5. The number of aromatic amines is 1. The number of nitrogens with zero attached hydrogens (tertiary/aromatic N) is 4. The first-order valence-electron chi connectivity index (χ1n) is 7.30. The Bertz CT molecular complexity index is 1050. The molecule has 0 saturated heterocycles. The van der Waals surface area contributed by atoms with Crippen molar-refractivity contribution >= 4 is 11.0 Å². The molecule has 0 atom stereocenters. The minimum Gasteiger partial charge on any atom is -0.480 e. The lowest BCUT2D eigenvalue weighted by Crippen LogP contribution is -2.07. The van der Waals surface area contributed by atoms with Gasteiger partial charge in [0.1, 0.15) is 0 Å². The van der Waals surface area contributed by atoms with E-state index in [0.717, 1.165) is 5.69 Å². The second kappa shape index (κ2) is 5.62. The lowest BCUT2D eigenvalue weighted by molar-refractivity contribution is 0.392. The van der Waals surface area contributed by atoms with Crippen molar-refractivity contribution in [1.82, 2.24) is 24.7 Å². The van der Waals surface area contributed by atoms with Gasteiger partial charge in [-0.05, 0) is 18.2 Å². The van der Waals surface area contributed by atoms with Crippen LogP contribution < -0.4 is 10.3 Å². The van der Waals surface area contributed by atoms with Gasteiger partial charge in [-0.2, -0.15) is 0 Å². The zero-order valence-corrected chi connectivity index (χ0v) is 12.8. The molecule has 4 aromatic rings. The van der Waals surface area contributed by atoms with E-state index >= 15 is 0 Å². The highest BCUT2D eigenvalue weighted by atomic mass is 16.5. The van der Waals surface area contributed by atoms with Crippen LogP contribution in [0.3, 0.4) is 0 Å². The van der Waals surface area contributed by atoms with Crippen LogP contribution in [0.2, 0.25) is 0 Å². The van der Waals surface area contributed by atoms with E-state index in [2.05, 4.69) is 20.2 Å². The Labute approximate surface area is 136 Å². The first-order chi connectivity index (χ1) is 11.8. The van der Waals surface area contributed by atoms with E-state index in [1.807, 2.05) is 41.1 Å². The van der Waals surface area contributed by atoms with Crippen LogP contribution in [-0.2, 0) is 0 Å². The minimum absolute atomic E-state index is 0.220. The highest BCUT2D eigenvalue weighted by Crippen LogP contribution is 2.28. The average Bonchev–Trinajstić information content (AvgIpc) is 3.04. The molecule has 3 aromatic heterocycles. The Morgan fingerprint density at radius 3 is 2.62 bits per heavy atom. The van der Waals surface area contributed by atoms with Gasteiger partial charge in [0, 0.05) is 23.5 Å². The molecule has 7 heteroatoms. The summed E-state index contributed by atoms with van der Waals surface area (Å²) in [5.74, 6) is 0.414. The third-order valence-corrected chi connectivity index (χ3v) is 3.75. The van der Waals surface area contributed by atoms with Crippen molar-refractivity contribution in [1.29, 1.82) is 0 Å². The number of rotatable bonds is 3. The number of ether oxygens (including phenoxy) is 1. The maximum Gasteiger partial charge on any atom is 0.260 e. The van der Waals surface area contributed by atoms with E-state index < -0.39 is 0 Å². The van der Waals surface area contributed by atoms with Gasteiger partial charge < -0.3 is 14.3 Å². The predicted molar refractivity (Wildman–Crippen MR) is 89.3 cm³/mol. The van der Waals surface area contributed by atoms with Crippen molar-refractivity contribution in [3.63, 3.8) is 0 Å². The molecule has 1 N–H and O–H groups in total. The molecular weight excluding hydrogens is 306 g/mol. The van der Waals surface area contributed by atoms with E-state index in [4.69, 9.17) is 4.74 Å². The highest BCUT2D eigenvalue weighted by Gasteiger charge is 2.17. The number of benzene rings is 1. The van der Waals surface area contributed by atoms with Crippen LogP contribution in [0.25, 0.3) is 28.0 Å². The molecule has 7 nitrogen and oxygen atoms in total. The standard InChI is InChI=1S/C17H13N5O2/c1-24-14-8-7-13(20-21-14)12-9-22(11-5-3-2-4-6-11)16-15(12)17(23)19-10-18-16/h2-10H,1H3,(H,18,19,23). The second-order valence-corrected chi connectivity index (χ2v) is 5.14. The molecule has 3 heterocycles. The molecule has 24 heavy (non-hydrogen) atoms. The van der Waals surface area contributed by atoms with Crippen LogP contribution in [0.5, 0.6) is 5.88 Å². The van der Waals surface area contributed by atoms with Crippen molar-refractivity contribution in [2.45, 2.75) is 0 Å². The largest absolute Gasteiger partial charge is 0.480 e. The zero-order chi connectivity index (χ0) is 16.5. The topological polar surface area (TPSA) is 85.7 Å². The first kappa shape index (κ1) is 14.1.